The van der Waals surface area contributed by atoms with E-state index in [9.17, 15) is 4.79 Å². The van der Waals surface area contributed by atoms with Gasteiger partial charge in [0.2, 0.25) is 5.89 Å². The molecule has 2 amide bonds. The summed E-state index contributed by atoms with van der Waals surface area (Å²) in [5.41, 5.74) is 3.56. The monoisotopic (exact) mass is 328 g/mol. The summed E-state index contributed by atoms with van der Waals surface area (Å²) in [7, 11) is 0. The number of aromatic nitrogens is 2. The minimum absolute atomic E-state index is 0.142. The molecular weight excluding hydrogens is 304 g/mol. The van der Waals surface area contributed by atoms with E-state index in [1.165, 1.54) is 30.4 Å². The Morgan fingerprint density at radius 3 is 2.75 bits per heavy atom. The van der Waals surface area contributed by atoms with Crippen molar-refractivity contribution in [3.05, 3.63) is 40.8 Å². The van der Waals surface area contributed by atoms with Crippen LogP contribution in [0.25, 0.3) is 0 Å². The summed E-state index contributed by atoms with van der Waals surface area (Å²) >= 11 is 0. The molecule has 6 nitrogen and oxygen atoms in total. The maximum absolute atomic E-state index is 12.0. The number of benzene rings is 1. The summed E-state index contributed by atoms with van der Waals surface area (Å²) in [5.74, 6) is 0.495. The number of urea groups is 1. The van der Waals surface area contributed by atoms with Crippen LogP contribution in [0.15, 0.2) is 22.6 Å². The normalized spacial score (nSPS) is 15.2. The van der Waals surface area contributed by atoms with Crippen molar-refractivity contribution in [1.82, 2.24) is 15.5 Å². The Morgan fingerprint density at radius 2 is 2.00 bits per heavy atom. The molecule has 24 heavy (non-hydrogen) atoms. The highest BCUT2D eigenvalue weighted by Gasteiger charge is 2.17. The lowest BCUT2D eigenvalue weighted by Crippen LogP contribution is -2.39. The van der Waals surface area contributed by atoms with Crippen LogP contribution < -0.4 is 10.6 Å². The van der Waals surface area contributed by atoms with Crippen LogP contribution in [0, 0.1) is 13.8 Å². The zero-order valence-corrected chi connectivity index (χ0v) is 14.3. The van der Waals surface area contributed by atoms with E-state index >= 15 is 0 Å². The summed E-state index contributed by atoms with van der Waals surface area (Å²) in [6, 6.07) is 6.37. The first-order valence-corrected chi connectivity index (χ1v) is 8.56. The number of anilines is 1. The molecule has 6 heteroatoms. The maximum atomic E-state index is 12.0. The fraction of sp³-hybridized carbons (Fsp3) is 0.500. The number of hydrogen-bond donors (Lipinski definition) is 2. The van der Waals surface area contributed by atoms with E-state index in [0.29, 0.717) is 12.3 Å². The van der Waals surface area contributed by atoms with Gasteiger partial charge in [0, 0.05) is 6.04 Å². The fourth-order valence-corrected chi connectivity index (χ4v) is 3.15. The van der Waals surface area contributed by atoms with Gasteiger partial charge in [-0.2, -0.15) is 0 Å². The third-order valence-electron chi connectivity index (χ3n) is 4.47. The number of rotatable bonds is 4. The topological polar surface area (TPSA) is 80.0 Å². The SMILES string of the molecule is Cc1ccc(Cc2nnc(NC(=O)NC3CCCCC3)o2)c(C)c1. The van der Waals surface area contributed by atoms with Gasteiger partial charge in [-0.25, -0.2) is 4.79 Å². The number of nitrogens with zero attached hydrogens (tertiary/aromatic N) is 2. The van der Waals surface area contributed by atoms with E-state index in [0.717, 1.165) is 18.4 Å². The molecule has 0 saturated heterocycles. The summed E-state index contributed by atoms with van der Waals surface area (Å²) in [4.78, 5) is 12.0. The van der Waals surface area contributed by atoms with Crippen molar-refractivity contribution < 1.29 is 9.21 Å². The molecule has 2 N–H and O–H groups in total. The molecule has 1 aliphatic carbocycles. The Balaban J connectivity index is 1.55. The van der Waals surface area contributed by atoms with E-state index in [1.807, 2.05) is 0 Å². The van der Waals surface area contributed by atoms with E-state index in [1.54, 1.807) is 0 Å². The average Bonchev–Trinajstić information content (AvgIpc) is 2.98. The molecule has 0 radical (unpaired) electrons. The molecule has 1 saturated carbocycles. The van der Waals surface area contributed by atoms with Gasteiger partial charge in [0.1, 0.15) is 0 Å². The molecule has 1 aliphatic rings. The van der Waals surface area contributed by atoms with Crippen molar-refractivity contribution in [3.8, 4) is 0 Å². The minimum Gasteiger partial charge on any atom is -0.407 e. The first kappa shape index (κ1) is 16.5. The van der Waals surface area contributed by atoms with Crippen molar-refractivity contribution in [3.63, 3.8) is 0 Å². The lowest BCUT2D eigenvalue weighted by molar-refractivity contribution is 0.243. The van der Waals surface area contributed by atoms with Crippen LogP contribution in [0.2, 0.25) is 0 Å². The van der Waals surface area contributed by atoms with E-state index in [4.69, 9.17) is 4.42 Å². The molecule has 1 heterocycles. The lowest BCUT2D eigenvalue weighted by atomic mass is 9.96. The highest BCUT2D eigenvalue weighted by molar-refractivity contribution is 5.87. The quantitative estimate of drug-likeness (QED) is 0.896. The summed E-state index contributed by atoms with van der Waals surface area (Å²) < 4.78 is 5.54. The molecule has 0 unspecified atom stereocenters. The number of amides is 2. The standard InChI is InChI=1S/C18H24N4O2/c1-12-8-9-14(13(2)10-12)11-16-21-22-18(24-16)20-17(23)19-15-6-4-3-5-7-15/h8-10,15H,3-7,11H2,1-2H3,(H2,19,20,22,23). The van der Waals surface area contributed by atoms with Crippen LogP contribution in [0.5, 0.6) is 0 Å². The molecule has 1 fully saturated rings. The Kier molecular flexibility index (Phi) is 5.13. The molecule has 3 rings (SSSR count). The Bertz CT molecular complexity index is 705. The van der Waals surface area contributed by atoms with Crippen LogP contribution in [0.3, 0.4) is 0 Å². The number of hydrogen-bond acceptors (Lipinski definition) is 4. The zero-order valence-electron chi connectivity index (χ0n) is 14.3. The van der Waals surface area contributed by atoms with Crippen LogP contribution in [0.1, 0.15) is 54.7 Å². The van der Waals surface area contributed by atoms with Gasteiger partial charge in [0.15, 0.2) is 0 Å². The maximum Gasteiger partial charge on any atom is 0.323 e. The van der Waals surface area contributed by atoms with Gasteiger partial charge < -0.3 is 9.73 Å². The number of nitrogens with one attached hydrogen (secondary N) is 2. The van der Waals surface area contributed by atoms with Gasteiger partial charge in [0.25, 0.3) is 0 Å². The molecule has 0 atom stereocenters. The van der Waals surface area contributed by atoms with Gasteiger partial charge in [-0.05, 0) is 37.8 Å². The minimum atomic E-state index is -0.274. The Morgan fingerprint density at radius 1 is 1.21 bits per heavy atom. The largest absolute Gasteiger partial charge is 0.407 e. The van der Waals surface area contributed by atoms with Crippen molar-refractivity contribution in [2.45, 2.75) is 58.4 Å². The Hall–Kier alpha value is -2.37. The second kappa shape index (κ2) is 7.47. The van der Waals surface area contributed by atoms with Crippen molar-refractivity contribution >= 4 is 12.0 Å². The lowest BCUT2D eigenvalue weighted by Gasteiger charge is -2.22. The third kappa shape index (κ3) is 4.34. The third-order valence-corrected chi connectivity index (χ3v) is 4.47. The van der Waals surface area contributed by atoms with Crippen LogP contribution in [-0.4, -0.2) is 22.3 Å². The van der Waals surface area contributed by atoms with Gasteiger partial charge in [0.05, 0.1) is 6.42 Å². The first-order chi connectivity index (χ1) is 11.6. The molecular formula is C18H24N4O2. The van der Waals surface area contributed by atoms with Gasteiger partial charge >= 0.3 is 12.0 Å². The predicted octanol–water partition coefficient (Wildman–Crippen LogP) is 3.73. The smallest absolute Gasteiger partial charge is 0.323 e. The van der Waals surface area contributed by atoms with Gasteiger partial charge in [-0.3, -0.25) is 5.32 Å². The zero-order chi connectivity index (χ0) is 16.9. The molecule has 1 aromatic heterocycles. The second-order valence-electron chi connectivity index (χ2n) is 6.54. The van der Waals surface area contributed by atoms with Crippen molar-refractivity contribution in [1.29, 1.82) is 0 Å². The number of carbonyl (C=O) groups is 1. The van der Waals surface area contributed by atoms with Gasteiger partial charge in [-0.15, -0.1) is 5.10 Å². The predicted molar refractivity (Wildman–Crippen MR) is 92.0 cm³/mol. The van der Waals surface area contributed by atoms with E-state index < -0.39 is 0 Å². The Labute approximate surface area is 142 Å². The molecule has 128 valence electrons. The number of carbonyl (C=O) groups excluding carboxylic acids is 1. The van der Waals surface area contributed by atoms with Gasteiger partial charge in [-0.1, -0.05) is 48.1 Å². The number of aryl methyl sites for hydroxylation is 2. The average molecular weight is 328 g/mol. The summed E-state index contributed by atoms with van der Waals surface area (Å²) in [5, 5.41) is 13.5. The van der Waals surface area contributed by atoms with E-state index in [2.05, 4.69) is 52.9 Å². The molecule has 1 aromatic carbocycles. The van der Waals surface area contributed by atoms with E-state index in [-0.39, 0.29) is 18.1 Å². The molecule has 0 spiro atoms. The second-order valence-corrected chi connectivity index (χ2v) is 6.54. The first-order valence-electron chi connectivity index (χ1n) is 8.56. The van der Waals surface area contributed by atoms with Crippen LogP contribution in [-0.2, 0) is 6.42 Å². The summed E-state index contributed by atoms with van der Waals surface area (Å²) in [6.07, 6.45) is 6.23. The van der Waals surface area contributed by atoms with Crippen LogP contribution in [0.4, 0.5) is 10.8 Å². The van der Waals surface area contributed by atoms with Crippen LogP contribution >= 0.6 is 0 Å². The van der Waals surface area contributed by atoms with Crippen molar-refractivity contribution in [2.24, 2.45) is 0 Å². The summed E-state index contributed by atoms with van der Waals surface area (Å²) in [6.45, 7) is 4.13. The molecule has 0 bridgehead atoms. The molecule has 2 aromatic rings. The van der Waals surface area contributed by atoms with Crippen molar-refractivity contribution in [2.75, 3.05) is 5.32 Å². The fourth-order valence-electron chi connectivity index (χ4n) is 3.15. The molecule has 0 aliphatic heterocycles. The highest BCUT2D eigenvalue weighted by Crippen LogP contribution is 2.18. The highest BCUT2D eigenvalue weighted by atomic mass is 16.4.